The van der Waals surface area contributed by atoms with Crippen LogP contribution in [-0.2, 0) is 4.74 Å². The molecule has 1 unspecified atom stereocenters. The number of unbranched alkanes of at least 4 members (excludes halogenated alkanes) is 3. The number of allylic oxidation sites excluding steroid dienone is 1. The van der Waals surface area contributed by atoms with Crippen LogP contribution in [0.5, 0.6) is 0 Å². The summed E-state index contributed by atoms with van der Waals surface area (Å²) in [5.41, 5.74) is 0. The van der Waals surface area contributed by atoms with Gasteiger partial charge in [0.2, 0.25) is 0 Å². The van der Waals surface area contributed by atoms with Gasteiger partial charge in [-0.1, -0.05) is 25.8 Å². The molecule has 0 aliphatic carbocycles. The molecular formula is C16H33NO. The molecule has 0 aromatic heterocycles. The summed E-state index contributed by atoms with van der Waals surface area (Å²) in [7, 11) is 0. The Balaban J connectivity index is 3.59. The predicted octanol–water partition coefficient (Wildman–Crippen LogP) is 4.31. The van der Waals surface area contributed by atoms with E-state index in [1.165, 1.54) is 44.9 Å². The summed E-state index contributed by atoms with van der Waals surface area (Å²) < 4.78 is 5.41. The maximum absolute atomic E-state index is 5.41. The van der Waals surface area contributed by atoms with Crippen LogP contribution in [0.1, 0.15) is 65.2 Å². The van der Waals surface area contributed by atoms with Crippen LogP contribution in [-0.4, -0.2) is 25.8 Å². The van der Waals surface area contributed by atoms with Crippen molar-refractivity contribution in [2.75, 3.05) is 19.8 Å². The minimum absolute atomic E-state index is 0.689. The number of rotatable bonds is 14. The molecule has 0 aliphatic rings. The lowest BCUT2D eigenvalue weighted by atomic mass is 10.0. The molecular weight excluding hydrogens is 222 g/mol. The average molecular weight is 255 g/mol. The summed E-state index contributed by atoms with van der Waals surface area (Å²) in [6.07, 6.45) is 12.1. The van der Waals surface area contributed by atoms with Gasteiger partial charge in [0.1, 0.15) is 0 Å². The predicted molar refractivity (Wildman–Crippen MR) is 81.1 cm³/mol. The van der Waals surface area contributed by atoms with E-state index in [4.69, 9.17) is 4.74 Å². The van der Waals surface area contributed by atoms with Gasteiger partial charge in [-0.05, 0) is 52.0 Å². The largest absolute Gasteiger partial charge is 0.382 e. The first-order chi connectivity index (χ1) is 8.85. The summed E-state index contributed by atoms with van der Waals surface area (Å²) in [6, 6.07) is 0.689. The van der Waals surface area contributed by atoms with Crippen molar-refractivity contribution in [2.24, 2.45) is 0 Å². The van der Waals surface area contributed by atoms with Gasteiger partial charge in [-0.15, -0.1) is 6.58 Å². The van der Waals surface area contributed by atoms with Gasteiger partial charge < -0.3 is 10.1 Å². The van der Waals surface area contributed by atoms with Crippen molar-refractivity contribution in [1.29, 1.82) is 0 Å². The first-order valence-electron chi connectivity index (χ1n) is 7.77. The molecule has 0 heterocycles. The van der Waals surface area contributed by atoms with E-state index < -0.39 is 0 Å². The van der Waals surface area contributed by atoms with E-state index in [0.29, 0.717) is 6.04 Å². The molecule has 0 fully saturated rings. The van der Waals surface area contributed by atoms with Crippen LogP contribution < -0.4 is 5.32 Å². The Morgan fingerprint density at radius 1 is 1.11 bits per heavy atom. The van der Waals surface area contributed by atoms with Gasteiger partial charge in [0.15, 0.2) is 0 Å². The van der Waals surface area contributed by atoms with Crippen LogP contribution in [0, 0.1) is 0 Å². The van der Waals surface area contributed by atoms with Crippen molar-refractivity contribution < 1.29 is 4.74 Å². The zero-order valence-electron chi connectivity index (χ0n) is 12.5. The van der Waals surface area contributed by atoms with E-state index in [1.54, 1.807) is 0 Å². The molecule has 0 amide bonds. The maximum atomic E-state index is 5.41. The number of nitrogens with one attached hydrogen (secondary N) is 1. The minimum atomic E-state index is 0.689. The Morgan fingerprint density at radius 2 is 1.89 bits per heavy atom. The van der Waals surface area contributed by atoms with Crippen molar-refractivity contribution in [3.63, 3.8) is 0 Å². The van der Waals surface area contributed by atoms with Gasteiger partial charge in [-0.3, -0.25) is 0 Å². The highest BCUT2D eigenvalue weighted by Gasteiger charge is 2.06. The molecule has 0 rings (SSSR count). The van der Waals surface area contributed by atoms with Crippen LogP contribution in [0.4, 0.5) is 0 Å². The Kier molecular flexibility index (Phi) is 14.4. The molecule has 2 heteroatoms. The van der Waals surface area contributed by atoms with Crippen LogP contribution in [0.2, 0.25) is 0 Å². The van der Waals surface area contributed by atoms with E-state index >= 15 is 0 Å². The SMILES string of the molecule is C=CCCCCCC(CCCOCC)NCCC. The number of ether oxygens (including phenoxy) is 1. The number of hydrogen-bond donors (Lipinski definition) is 1. The van der Waals surface area contributed by atoms with Gasteiger partial charge in [0.05, 0.1) is 0 Å². The van der Waals surface area contributed by atoms with E-state index in [0.717, 1.165) is 26.2 Å². The third-order valence-electron chi connectivity index (χ3n) is 3.19. The van der Waals surface area contributed by atoms with E-state index in [1.807, 2.05) is 6.08 Å². The molecule has 0 aromatic rings. The molecule has 0 spiro atoms. The van der Waals surface area contributed by atoms with Gasteiger partial charge in [0, 0.05) is 19.3 Å². The quantitative estimate of drug-likeness (QED) is 0.369. The monoisotopic (exact) mass is 255 g/mol. The van der Waals surface area contributed by atoms with Crippen LogP contribution in [0.25, 0.3) is 0 Å². The maximum Gasteiger partial charge on any atom is 0.0466 e. The second kappa shape index (κ2) is 14.7. The second-order valence-corrected chi connectivity index (χ2v) is 4.92. The highest BCUT2D eigenvalue weighted by molar-refractivity contribution is 4.69. The average Bonchev–Trinajstić information content (AvgIpc) is 2.39. The smallest absolute Gasteiger partial charge is 0.0466 e. The lowest BCUT2D eigenvalue weighted by molar-refractivity contribution is 0.140. The first kappa shape index (κ1) is 17.7. The summed E-state index contributed by atoms with van der Waals surface area (Å²) >= 11 is 0. The Hall–Kier alpha value is -0.340. The van der Waals surface area contributed by atoms with Crippen LogP contribution >= 0.6 is 0 Å². The van der Waals surface area contributed by atoms with Crippen molar-refractivity contribution in [3.8, 4) is 0 Å². The molecule has 0 saturated heterocycles. The Labute approximate surface area is 114 Å². The fourth-order valence-corrected chi connectivity index (χ4v) is 2.13. The van der Waals surface area contributed by atoms with Crippen LogP contribution in [0.3, 0.4) is 0 Å². The third-order valence-corrected chi connectivity index (χ3v) is 3.19. The van der Waals surface area contributed by atoms with E-state index in [2.05, 4.69) is 25.7 Å². The molecule has 0 radical (unpaired) electrons. The van der Waals surface area contributed by atoms with Crippen molar-refractivity contribution in [3.05, 3.63) is 12.7 Å². The van der Waals surface area contributed by atoms with Crippen molar-refractivity contribution in [1.82, 2.24) is 5.32 Å². The zero-order chi connectivity index (χ0) is 13.5. The standard InChI is InChI=1S/C16H33NO/c1-4-7-8-9-10-12-16(17-14-5-2)13-11-15-18-6-3/h4,16-17H,1,5-15H2,2-3H3. The summed E-state index contributed by atoms with van der Waals surface area (Å²) in [5, 5.41) is 3.66. The lowest BCUT2D eigenvalue weighted by Gasteiger charge is -2.18. The van der Waals surface area contributed by atoms with Gasteiger partial charge in [0.25, 0.3) is 0 Å². The van der Waals surface area contributed by atoms with Gasteiger partial charge in [-0.25, -0.2) is 0 Å². The fraction of sp³-hybridized carbons (Fsp3) is 0.875. The zero-order valence-corrected chi connectivity index (χ0v) is 12.5. The van der Waals surface area contributed by atoms with E-state index in [-0.39, 0.29) is 0 Å². The van der Waals surface area contributed by atoms with Gasteiger partial charge in [-0.2, -0.15) is 0 Å². The first-order valence-corrected chi connectivity index (χ1v) is 7.77. The summed E-state index contributed by atoms with van der Waals surface area (Å²) in [4.78, 5) is 0. The molecule has 1 N–H and O–H groups in total. The highest BCUT2D eigenvalue weighted by atomic mass is 16.5. The molecule has 1 atom stereocenters. The van der Waals surface area contributed by atoms with Crippen LogP contribution in [0.15, 0.2) is 12.7 Å². The van der Waals surface area contributed by atoms with E-state index in [9.17, 15) is 0 Å². The normalized spacial score (nSPS) is 12.6. The molecule has 0 aliphatic heterocycles. The van der Waals surface area contributed by atoms with Gasteiger partial charge >= 0.3 is 0 Å². The van der Waals surface area contributed by atoms with Crippen molar-refractivity contribution >= 4 is 0 Å². The van der Waals surface area contributed by atoms with Crippen molar-refractivity contribution in [2.45, 2.75) is 71.3 Å². The molecule has 2 nitrogen and oxygen atoms in total. The lowest BCUT2D eigenvalue weighted by Crippen LogP contribution is -2.30. The number of hydrogen-bond acceptors (Lipinski definition) is 2. The molecule has 0 aromatic carbocycles. The minimum Gasteiger partial charge on any atom is -0.382 e. The topological polar surface area (TPSA) is 21.3 Å². The summed E-state index contributed by atoms with van der Waals surface area (Å²) in [5.74, 6) is 0. The second-order valence-electron chi connectivity index (χ2n) is 4.92. The molecule has 0 bridgehead atoms. The molecule has 0 saturated carbocycles. The fourth-order valence-electron chi connectivity index (χ4n) is 2.13. The molecule has 108 valence electrons. The molecule has 18 heavy (non-hydrogen) atoms. The summed E-state index contributed by atoms with van der Waals surface area (Å²) in [6.45, 7) is 11.0. The highest BCUT2D eigenvalue weighted by Crippen LogP contribution is 2.10. The Bertz CT molecular complexity index is 170. The third kappa shape index (κ3) is 12.1. The Morgan fingerprint density at radius 3 is 2.56 bits per heavy atom.